The number of carbonyl (C=O) groups excluding carboxylic acids is 1. The first kappa shape index (κ1) is 6.58. The molecular formula is C5H2ClO2S-. The largest absolute Gasteiger partial charge is 0.544 e. The van der Waals surface area contributed by atoms with E-state index in [1.54, 1.807) is 0 Å². The Morgan fingerprint density at radius 3 is 2.56 bits per heavy atom. The summed E-state index contributed by atoms with van der Waals surface area (Å²) >= 11 is 6.43. The number of rotatable bonds is 1. The van der Waals surface area contributed by atoms with Gasteiger partial charge in [-0.15, -0.1) is 11.3 Å². The van der Waals surface area contributed by atoms with Crippen LogP contribution in [0, 0.1) is 0 Å². The number of thiophene rings is 1. The lowest BCUT2D eigenvalue weighted by Gasteiger charge is -1.91. The van der Waals surface area contributed by atoms with Gasteiger partial charge in [-0.1, -0.05) is 11.6 Å². The molecule has 0 aliphatic heterocycles. The fourth-order valence-electron chi connectivity index (χ4n) is 0.424. The Morgan fingerprint density at radius 1 is 1.67 bits per heavy atom. The second-order valence-electron chi connectivity index (χ2n) is 1.39. The van der Waals surface area contributed by atoms with Gasteiger partial charge in [0.15, 0.2) is 0 Å². The molecule has 1 aromatic rings. The number of halogens is 1. The van der Waals surface area contributed by atoms with Gasteiger partial charge in [0, 0.05) is 0 Å². The van der Waals surface area contributed by atoms with E-state index in [1.807, 2.05) is 0 Å². The first-order valence-electron chi connectivity index (χ1n) is 2.17. The Hall–Kier alpha value is -0.540. The van der Waals surface area contributed by atoms with Gasteiger partial charge in [-0.25, -0.2) is 0 Å². The molecule has 0 radical (unpaired) electrons. The highest BCUT2D eigenvalue weighted by atomic mass is 35.5. The molecule has 0 amide bonds. The number of aromatic carboxylic acids is 1. The number of carbonyl (C=O) groups is 1. The molecule has 0 aliphatic rings. The van der Waals surface area contributed by atoms with E-state index in [9.17, 15) is 9.90 Å². The van der Waals surface area contributed by atoms with Crippen LogP contribution in [-0.2, 0) is 0 Å². The van der Waals surface area contributed by atoms with Crippen molar-refractivity contribution in [1.82, 2.24) is 0 Å². The minimum Gasteiger partial charge on any atom is -0.544 e. The average molecular weight is 162 g/mol. The smallest absolute Gasteiger partial charge is 0.0935 e. The third-order valence-electron chi connectivity index (χ3n) is 0.774. The monoisotopic (exact) mass is 161 g/mol. The van der Waals surface area contributed by atoms with E-state index in [0.29, 0.717) is 4.34 Å². The van der Waals surface area contributed by atoms with E-state index in [2.05, 4.69) is 0 Å². The molecule has 0 unspecified atom stereocenters. The van der Waals surface area contributed by atoms with Crippen molar-refractivity contribution < 1.29 is 9.90 Å². The molecule has 1 heterocycles. The van der Waals surface area contributed by atoms with Crippen LogP contribution in [0.2, 0.25) is 4.34 Å². The van der Waals surface area contributed by atoms with Crippen molar-refractivity contribution in [3.8, 4) is 0 Å². The molecule has 4 heteroatoms. The fraction of sp³-hybridized carbons (Fsp3) is 0. The summed E-state index contributed by atoms with van der Waals surface area (Å²) in [5.41, 5.74) is 0. The van der Waals surface area contributed by atoms with Crippen LogP contribution in [0.5, 0.6) is 0 Å². The topological polar surface area (TPSA) is 40.1 Å². The molecule has 1 aromatic heterocycles. The molecular weight excluding hydrogens is 160 g/mol. The first-order chi connectivity index (χ1) is 4.20. The van der Waals surface area contributed by atoms with Gasteiger partial charge in [-0.2, -0.15) is 0 Å². The number of carboxylic acid groups (broad SMARTS) is 1. The third kappa shape index (κ3) is 1.43. The quantitative estimate of drug-likeness (QED) is 0.610. The molecule has 9 heavy (non-hydrogen) atoms. The number of hydrogen-bond acceptors (Lipinski definition) is 3. The summed E-state index contributed by atoms with van der Waals surface area (Å²) in [5.74, 6) is -1.17. The molecule has 0 N–H and O–H groups in total. The van der Waals surface area contributed by atoms with E-state index in [0.717, 1.165) is 11.3 Å². The zero-order valence-corrected chi connectivity index (χ0v) is 5.83. The summed E-state index contributed by atoms with van der Waals surface area (Å²) in [6, 6.07) is 2.94. The lowest BCUT2D eigenvalue weighted by atomic mass is 10.5. The minimum atomic E-state index is -1.17. The van der Waals surface area contributed by atoms with Crippen LogP contribution < -0.4 is 5.11 Å². The SMILES string of the molecule is O=C([O-])c1ccc(Cl)s1. The Morgan fingerprint density at radius 2 is 2.33 bits per heavy atom. The molecule has 48 valence electrons. The summed E-state index contributed by atoms with van der Waals surface area (Å²) in [7, 11) is 0. The van der Waals surface area contributed by atoms with Crippen LogP contribution in [0.3, 0.4) is 0 Å². The second kappa shape index (κ2) is 2.37. The standard InChI is InChI=1S/C5H3ClO2S/c6-4-2-1-3(9-4)5(7)8/h1-2H,(H,7,8)/p-1. The summed E-state index contributed by atoms with van der Waals surface area (Å²) in [6.07, 6.45) is 0. The molecule has 1 rings (SSSR count). The maximum absolute atomic E-state index is 10.1. The minimum absolute atomic E-state index is 0.167. The van der Waals surface area contributed by atoms with Crippen molar-refractivity contribution in [2.45, 2.75) is 0 Å². The van der Waals surface area contributed by atoms with Gasteiger partial charge >= 0.3 is 0 Å². The molecule has 0 saturated heterocycles. The van der Waals surface area contributed by atoms with Gasteiger partial charge in [-0.05, 0) is 12.1 Å². The normalized spacial score (nSPS) is 9.44. The average Bonchev–Trinajstić information content (AvgIpc) is 2.14. The van der Waals surface area contributed by atoms with Gasteiger partial charge < -0.3 is 9.90 Å². The Kier molecular flexibility index (Phi) is 1.73. The molecule has 0 spiro atoms. The Bertz CT molecular complexity index is 231. The highest BCUT2D eigenvalue weighted by Crippen LogP contribution is 2.20. The van der Waals surface area contributed by atoms with Gasteiger partial charge in [0.25, 0.3) is 0 Å². The van der Waals surface area contributed by atoms with Crippen LogP contribution >= 0.6 is 22.9 Å². The highest BCUT2D eigenvalue weighted by Gasteiger charge is 1.95. The molecule has 0 fully saturated rings. The van der Waals surface area contributed by atoms with Crippen molar-refractivity contribution in [3.05, 3.63) is 21.3 Å². The van der Waals surface area contributed by atoms with E-state index in [-0.39, 0.29) is 4.88 Å². The van der Waals surface area contributed by atoms with E-state index in [1.165, 1.54) is 12.1 Å². The van der Waals surface area contributed by atoms with Crippen molar-refractivity contribution in [1.29, 1.82) is 0 Å². The van der Waals surface area contributed by atoms with Gasteiger partial charge in [-0.3, -0.25) is 0 Å². The van der Waals surface area contributed by atoms with Crippen LogP contribution in [0.15, 0.2) is 12.1 Å². The molecule has 0 atom stereocenters. The van der Waals surface area contributed by atoms with E-state index >= 15 is 0 Å². The summed E-state index contributed by atoms with van der Waals surface area (Å²) < 4.78 is 0.467. The third-order valence-corrected chi connectivity index (χ3v) is 1.99. The van der Waals surface area contributed by atoms with Crippen LogP contribution in [0.1, 0.15) is 9.67 Å². The number of hydrogen-bond donors (Lipinski definition) is 0. The van der Waals surface area contributed by atoms with E-state index < -0.39 is 5.97 Å². The maximum atomic E-state index is 10.1. The van der Waals surface area contributed by atoms with E-state index in [4.69, 9.17) is 11.6 Å². The predicted molar refractivity (Wildman–Crippen MR) is 33.7 cm³/mol. The molecule has 0 aliphatic carbocycles. The molecule has 0 aromatic carbocycles. The van der Waals surface area contributed by atoms with Gasteiger partial charge in [0.05, 0.1) is 15.2 Å². The Balaban J connectivity index is 2.98. The molecule has 0 saturated carbocycles. The van der Waals surface area contributed by atoms with Crippen molar-refractivity contribution in [2.24, 2.45) is 0 Å². The highest BCUT2D eigenvalue weighted by molar-refractivity contribution is 7.17. The maximum Gasteiger partial charge on any atom is 0.0935 e. The Labute approximate surface area is 60.7 Å². The molecule has 2 nitrogen and oxygen atoms in total. The lowest BCUT2D eigenvalue weighted by molar-refractivity contribution is -0.254. The predicted octanol–water partition coefficient (Wildman–Crippen LogP) is 0.765. The number of carboxylic acids is 1. The molecule has 0 bridgehead atoms. The van der Waals surface area contributed by atoms with Gasteiger partial charge in [0.1, 0.15) is 0 Å². The summed E-state index contributed by atoms with van der Waals surface area (Å²) in [6.45, 7) is 0. The van der Waals surface area contributed by atoms with Crippen molar-refractivity contribution in [3.63, 3.8) is 0 Å². The van der Waals surface area contributed by atoms with Crippen molar-refractivity contribution in [2.75, 3.05) is 0 Å². The van der Waals surface area contributed by atoms with Crippen LogP contribution in [0.4, 0.5) is 0 Å². The summed E-state index contributed by atoms with van der Waals surface area (Å²) in [4.78, 5) is 10.2. The van der Waals surface area contributed by atoms with Gasteiger partial charge in [0.2, 0.25) is 0 Å². The zero-order valence-electron chi connectivity index (χ0n) is 4.26. The van der Waals surface area contributed by atoms with Crippen molar-refractivity contribution >= 4 is 28.9 Å². The van der Waals surface area contributed by atoms with Crippen LogP contribution in [0.25, 0.3) is 0 Å². The zero-order chi connectivity index (χ0) is 6.85. The lowest BCUT2D eigenvalue weighted by Crippen LogP contribution is -2.20. The fourth-order valence-corrected chi connectivity index (χ4v) is 1.30. The first-order valence-corrected chi connectivity index (χ1v) is 3.36. The van der Waals surface area contributed by atoms with Crippen LogP contribution in [-0.4, -0.2) is 5.97 Å². The summed E-state index contributed by atoms with van der Waals surface area (Å²) in [5, 5.41) is 10.1. The second-order valence-corrected chi connectivity index (χ2v) is 3.11.